The molecular weight excluding hydrogens is 358 g/mol. The van der Waals surface area contributed by atoms with Gasteiger partial charge in [0, 0.05) is 18.4 Å². The standard InChI is InChI=1S/C21H25N3O2S/c1-14-7-9-15(10-8-14)17-11-19(25)24-21(18(17)12-22)27-13-20(26)23-16-5-3-2-4-6-16/h7-10,16-17H,2-6,11,13H2,1H3,(H,23,26)(H,24,25)/t17-/m1/s1. The van der Waals surface area contributed by atoms with E-state index in [1.807, 2.05) is 31.2 Å². The lowest BCUT2D eigenvalue weighted by molar-refractivity contribution is -0.121. The predicted octanol–water partition coefficient (Wildman–Crippen LogP) is 3.52. The van der Waals surface area contributed by atoms with Gasteiger partial charge in [0.1, 0.15) is 0 Å². The zero-order valence-corrected chi connectivity index (χ0v) is 16.4. The van der Waals surface area contributed by atoms with Crippen molar-refractivity contribution in [3.63, 3.8) is 0 Å². The van der Waals surface area contributed by atoms with E-state index in [0.717, 1.165) is 36.8 Å². The summed E-state index contributed by atoms with van der Waals surface area (Å²) < 4.78 is 0. The van der Waals surface area contributed by atoms with Gasteiger partial charge in [-0.15, -0.1) is 0 Å². The lowest BCUT2D eigenvalue weighted by Gasteiger charge is -2.26. The second-order valence-corrected chi connectivity index (χ2v) is 8.25. The van der Waals surface area contributed by atoms with Gasteiger partial charge in [0.15, 0.2) is 0 Å². The number of allylic oxidation sites excluding steroid dienone is 1. The largest absolute Gasteiger partial charge is 0.353 e. The highest BCUT2D eigenvalue weighted by molar-refractivity contribution is 8.03. The zero-order valence-electron chi connectivity index (χ0n) is 15.6. The molecule has 5 nitrogen and oxygen atoms in total. The number of hydrogen-bond acceptors (Lipinski definition) is 4. The molecule has 0 bridgehead atoms. The molecule has 1 heterocycles. The minimum absolute atomic E-state index is 0.0385. The number of carbonyl (C=O) groups is 2. The summed E-state index contributed by atoms with van der Waals surface area (Å²) in [5.41, 5.74) is 2.63. The number of nitrogens with one attached hydrogen (secondary N) is 2. The molecule has 1 saturated carbocycles. The summed E-state index contributed by atoms with van der Waals surface area (Å²) in [6.07, 6.45) is 5.89. The van der Waals surface area contributed by atoms with Gasteiger partial charge in [-0.1, -0.05) is 60.9 Å². The van der Waals surface area contributed by atoms with E-state index in [4.69, 9.17) is 0 Å². The van der Waals surface area contributed by atoms with Crippen molar-refractivity contribution in [3.8, 4) is 6.07 Å². The van der Waals surface area contributed by atoms with Gasteiger partial charge in [-0.05, 0) is 25.3 Å². The monoisotopic (exact) mass is 383 g/mol. The van der Waals surface area contributed by atoms with E-state index in [1.54, 1.807) is 0 Å². The van der Waals surface area contributed by atoms with Crippen LogP contribution in [0.15, 0.2) is 34.9 Å². The third-order valence-electron chi connectivity index (χ3n) is 5.15. The molecule has 1 atom stereocenters. The quantitative estimate of drug-likeness (QED) is 0.815. The maximum atomic E-state index is 12.3. The molecule has 3 rings (SSSR count). The number of benzene rings is 1. The number of nitriles is 1. The Labute approximate surface area is 164 Å². The molecule has 1 aromatic rings. The number of amides is 2. The van der Waals surface area contributed by atoms with Crippen LogP contribution >= 0.6 is 11.8 Å². The van der Waals surface area contributed by atoms with Gasteiger partial charge in [0.25, 0.3) is 0 Å². The fourth-order valence-electron chi connectivity index (χ4n) is 3.67. The predicted molar refractivity (Wildman–Crippen MR) is 107 cm³/mol. The summed E-state index contributed by atoms with van der Waals surface area (Å²) in [5, 5.41) is 16.1. The van der Waals surface area contributed by atoms with Gasteiger partial charge in [-0.3, -0.25) is 9.59 Å². The Hall–Kier alpha value is -2.26. The maximum Gasteiger partial charge on any atom is 0.230 e. The van der Waals surface area contributed by atoms with Crippen LogP contribution in [-0.2, 0) is 9.59 Å². The third kappa shape index (κ3) is 5.14. The van der Waals surface area contributed by atoms with Crippen molar-refractivity contribution < 1.29 is 9.59 Å². The second kappa shape index (κ2) is 9.09. The molecule has 1 aromatic carbocycles. The molecule has 2 N–H and O–H groups in total. The highest BCUT2D eigenvalue weighted by Crippen LogP contribution is 2.35. The first-order chi connectivity index (χ1) is 13.1. The molecule has 0 unspecified atom stereocenters. The Morgan fingerprint density at radius 2 is 1.96 bits per heavy atom. The molecule has 1 aliphatic heterocycles. The Morgan fingerprint density at radius 3 is 2.63 bits per heavy atom. The molecule has 2 aliphatic rings. The van der Waals surface area contributed by atoms with Gasteiger partial charge in [0.05, 0.1) is 22.4 Å². The highest BCUT2D eigenvalue weighted by Gasteiger charge is 2.30. The molecule has 1 aliphatic carbocycles. The fraction of sp³-hybridized carbons (Fsp3) is 0.476. The van der Waals surface area contributed by atoms with Gasteiger partial charge in [-0.25, -0.2) is 0 Å². The summed E-state index contributed by atoms with van der Waals surface area (Å²) in [5.74, 6) is -0.204. The Kier molecular flexibility index (Phi) is 6.57. The summed E-state index contributed by atoms with van der Waals surface area (Å²) in [4.78, 5) is 24.4. The number of nitrogens with zero attached hydrogens (tertiary/aromatic N) is 1. The van der Waals surface area contributed by atoms with E-state index in [9.17, 15) is 14.9 Å². The first kappa shape index (κ1) is 19.5. The van der Waals surface area contributed by atoms with Crippen LogP contribution in [0, 0.1) is 18.3 Å². The maximum absolute atomic E-state index is 12.3. The minimum atomic E-state index is -0.256. The Balaban J connectivity index is 1.69. The van der Waals surface area contributed by atoms with Crippen LogP contribution in [0.5, 0.6) is 0 Å². The molecule has 1 fully saturated rings. The van der Waals surface area contributed by atoms with E-state index in [2.05, 4.69) is 16.7 Å². The molecule has 0 saturated heterocycles. The van der Waals surface area contributed by atoms with Crippen LogP contribution in [0.25, 0.3) is 0 Å². The summed E-state index contributed by atoms with van der Waals surface area (Å²) in [6, 6.07) is 10.4. The fourth-order valence-corrected chi connectivity index (χ4v) is 4.56. The number of carbonyl (C=O) groups excluding carboxylic acids is 2. The highest BCUT2D eigenvalue weighted by atomic mass is 32.2. The van der Waals surface area contributed by atoms with Crippen molar-refractivity contribution in [1.29, 1.82) is 5.26 Å². The Morgan fingerprint density at radius 1 is 1.26 bits per heavy atom. The van der Waals surface area contributed by atoms with Crippen molar-refractivity contribution in [3.05, 3.63) is 46.0 Å². The van der Waals surface area contributed by atoms with E-state index in [-0.39, 0.29) is 35.9 Å². The van der Waals surface area contributed by atoms with Crippen LogP contribution in [-0.4, -0.2) is 23.6 Å². The first-order valence-electron chi connectivity index (χ1n) is 9.49. The topological polar surface area (TPSA) is 82.0 Å². The lowest BCUT2D eigenvalue weighted by atomic mass is 9.87. The summed E-state index contributed by atoms with van der Waals surface area (Å²) >= 11 is 1.25. The van der Waals surface area contributed by atoms with Crippen LogP contribution in [0.2, 0.25) is 0 Å². The SMILES string of the molecule is Cc1ccc([C@H]2CC(=O)NC(SCC(=O)NC3CCCCC3)=C2C#N)cc1. The van der Waals surface area contributed by atoms with Crippen molar-refractivity contribution in [2.75, 3.05) is 5.75 Å². The number of aryl methyl sites for hydroxylation is 1. The summed E-state index contributed by atoms with van der Waals surface area (Å²) in [6.45, 7) is 2.00. The third-order valence-corrected chi connectivity index (χ3v) is 6.17. The van der Waals surface area contributed by atoms with Crippen molar-refractivity contribution in [1.82, 2.24) is 10.6 Å². The van der Waals surface area contributed by atoms with Crippen LogP contribution in [0.4, 0.5) is 0 Å². The van der Waals surface area contributed by atoms with Crippen LogP contribution in [0.1, 0.15) is 55.6 Å². The van der Waals surface area contributed by atoms with Crippen molar-refractivity contribution in [2.45, 2.75) is 57.4 Å². The molecular formula is C21H25N3O2S. The first-order valence-corrected chi connectivity index (χ1v) is 10.5. The van der Waals surface area contributed by atoms with Gasteiger partial charge in [-0.2, -0.15) is 5.26 Å². The van der Waals surface area contributed by atoms with E-state index in [1.165, 1.54) is 18.2 Å². The molecule has 6 heteroatoms. The van der Waals surface area contributed by atoms with Gasteiger partial charge < -0.3 is 10.6 Å². The second-order valence-electron chi connectivity index (χ2n) is 7.26. The van der Waals surface area contributed by atoms with Crippen molar-refractivity contribution >= 4 is 23.6 Å². The van der Waals surface area contributed by atoms with Gasteiger partial charge >= 0.3 is 0 Å². The van der Waals surface area contributed by atoms with E-state index in [0.29, 0.717) is 10.6 Å². The van der Waals surface area contributed by atoms with E-state index >= 15 is 0 Å². The van der Waals surface area contributed by atoms with E-state index < -0.39 is 0 Å². The normalized spacial score (nSPS) is 20.7. The van der Waals surface area contributed by atoms with Crippen LogP contribution in [0.3, 0.4) is 0 Å². The molecule has 142 valence electrons. The van der Waals surface area contributed by atoms with Crippen molar-refractivity contribution in [2.24, 2.45) is 0 Å². The molecule has 0 aromatic heterocycles. The minimum Gasteiger partial charge on any atom is -0.353 e. The zero-order chi connectivity index (χ0) is 19.2. The average Bonchev–Trinajstić information content (AvgIpc) is 2.67. The summed E-state index contributed by atoms with van der Waals surface area (Å²) in [7, 11) is 0. The van der Waals surface area contributed by atoms with Crippen LogP contribution < -0.4 is 10.6 Å². The molecule has 2 amide bonds. The van der Waals surface area contributed by atoms with Gasteiger partial charge in [0.2, 0.25) is 11.8 Å². The molecule has 0 radical (unpaired) electrons. The number of thioether (sulfide) groups is 1. The smallest absolute Gasteiger partial charge is 0.230 e. The molecule has 0 spiro atoms. The lowest BCUT2D eigenvalue weighted by Crippen LogP contribution is -2.38. The number of hydrogen-bond donors (Lipinski definition) is 2. The molecule has 27 heavy (non-hydrogen) atoms. The Bertz CT molecular complexity index is 774. The average molecular weight is 384 g/mol. The number of rotatable bonds is 5.